The number of aromatic nitrogens is 2. The van der Waals surface area contributed by atoms with Crippen LogP contribution in [0, 0.1) is 0 Å². The van der Waals surface area contributed by atoms with E-state index in [1.54, 1.807) is 12.1 Å². The third-order valence-electron chi connectivity index (χ3n) is 2.98. The molecule has 0 saturated heterocycles. The van der Waals surface area contributed by atoms with Gasteiger partial charge < -0.3 is 4.42 Å². The molecule has 0 saturated carbocycles. The van der Waals surface area contributed by atoms with Gasteiger partial charge in [-0.05, 0) is 18.2 Å². The lowest BCUT2D eigenvalue weighted by molar-refractivity contribution is 0.110. The van der Waals surface area contributed by atoms with Gasteiger partial charge in [-0.2, -0.15) is 0 Å². The number of hydrogen-bond donors (Lipinski definition) is 0. The van der Waals surface area contributed by atoms with Crippen molar-refractivity contribution in [1.29, 1.82) is 0 Å². The van der Waals surface area contributed by atoms with Crippen LogP contribution in [0.25, 0.3) is 16.7 Å². The van der Waals surface area contributed by atoms with E-state index in [4.69, 9.17) is 16.0 Å². The van der Waals surface area contributed by atoms with E-state index in [9.17, 15) is 13.2 Å². The third-order valence-corrected chi connectivity index (χ3v) is 4.25. The van der Waals surface area contributed by atoms with Crippen molar-refractivity contribution < 1.29 is 17.6 Å². The van der Waals surface area contributed by atoms with Crippen LogP contribution in [0.1, 0.15) is 10.6 Å². The number of fused-ring (bicyclic) bond motifs is 1. The van der Waals surface area contributed by atoms with Gasteiger partial charge in [0.05, 0.1) is 12.0 Å². The smallest absolute Gasteiger partial charge is 0.191 e. The van der Waals surface area contributed by atoms with Gasteiger partial charge in [0, 0.05) is 17.7 Å². The highest BCUT2D eigenvalue weighted by atomic mass is 35.5. The predicted molar refractivity (Wildman–Crippen MR) is 76.8 cm³/mol. The Bertz CT molecular complexity index is 956. The average Bonchev–Trinajstić information content (AvgIpc) is 3.00. The lowest BCUT2D eigenvalue weighted by atomic mass is 10.3. The van der Waals surface area contributed by atoms with Gasteiger partial charge in [0.15, 0.2) is 21.9 Å². The molecule has 21 heavy (non-hydrogen) atoms. The molecule has 8 heteroatoms. The van der Waals surface area contributed by atoms with Gasteiger partial charge in [0.2, 0.25) is 0 Å². The summed E-state index contributed by atoms with van der Waals surface area (Å²) in [6, 6.07) is 6.21. The predicted octanol–water partition coefficient (Wildman–Crippen LogP) is 2.49. The van der Waals surface area contributed by atoms with Gasteiger partial charge in [0.25, 0.3) is 0 Å². The fourth-order valence-electron chi connectivity index (χ4n) is 2.12. The van der Waals surface area contributed by atoms with Crippen molar-refractivity contribution in [1.82, 2.24) is 9.55 Å². The molecule has 0 aliphatic heterocycles. The van der Waals surface area contributed by atoms with Crippen molar-refractivity contribution in [2.75, 3.05) is 6.26 Å². The Hall–Kier alpha value is -2.12. The van der Waals surface area contributed by atoms with Crippen LogP contribution < -0.4 is 0 Å². The number of aldehydes is 1. The Labute approximate surface area is 124 Å². The topological polar surface area (TPSA) is 82.2 Å². The first-order valence-corrected chi connectivity index (χ1v) is 8.10. The molecule has 3 aromatic rings. The molecule has 0 aromatic carbocycles. The zero-order valence-electron chi connectivity index (χ0n) is 10.8. The molecule has 0 atom stereocenters. The molecule has 0 N–H and O–H groups in total. The van der Waals surface area contributed by atoms with Crippen LogP contribution in [0.15, 0.2) is 40.0 Å². The summed E-state index contributed by atoms with van der Waals surface area (Å²) in [5.41, 5.74) is 0.641. The molecule has 0 fully saturated rings. The minimum absolute atomic E-state index is 0.0109. The van der Waals surface area contributed by atoms with Crippen LogP contribution >= 0.6 is 11.6 Å². The zero-order valence-corrected chi connectivity index (χ0v) is 12.4. The first-order valence-electron chi connectivity index (χ1n) is 5.83. The summed E-state index contributed by atoms with van der Waals surface area (Å²) in [7, 11) is -3.54. The van der Waals surface area contributed by atoms with Crippen molar-refractivity contribution in [2.24, 2.45) is 0 Å². The Morgan fingerprint density at radius 3 is 2.76 bits per heavy atom. The second kappa shape index (κ2) is 4.71. The molecule has 0 spiro atoms. The van der Waals surface area contributed by atoms with Crippen molar-refractivity contribution in [2.45, 2.75) is 5.03 Å². The Kier molecular flexibility index (Phi) is 3.11. The number of sulfone groups is 1. The van der Waals surface area contributed by atoms with Gasteiger partial charge in [-0.1, -0.05) is 11.6 Å². The van der Waals surface area contributed by atoms with Crippen molar-refractivity contribution in [3.63, 3.8) is 0 Å². The van der Waals surface area contributed by atoms with Gasteiger partial charge in [-0.15, -0.1) is 0 Å². The van der Waals surface area contributed by atoms with Crippen molar-refractivity contribution in [3.8, 4) is 5.69 Å². The number of furan rings is 1. The van der Waals surface area contributed by atoms with Crippen LogP contribution in [0.2, 0.25) is 5.15 Å². The van der Waals surface area contributed by atoms with Crippen molar-refractivity contribution >= 4 is 38.8 Å². The van der Waals surface area contributed by atoms with Crippen LogP contribution in [-0.2, 0) is 9.84 Å². The van der Waals surface area contributed by atoms with E-state index in [2.05, 4.69) is 4.98 Å². The molecule has 3 rings (SSSR count). The summed E-state index contributed by atoms with van der Waals surface area (Å²) in [5, 5.41) is 0.827. The molecule has 0 aliphatic carbocycles. The lowest BCUT2D eigenvalue weighted by Gasteiger charge is -2.07. The van der Waals surface area contributed by atoms with Gasteiger partial charge in [-0.25, -0.2) is 13.4 Å². The van der Waals surface area contributed by atoms with Gasteiger partial charge >= 0.3 is 0 Å². The first-order chi connectivity index (χ1) is 9.91. The molecule has 0 bridgehead atoms. The number of nitrogens with zero attached hydrogens (tertiary/aromatic N) is 2. The molecule has 0 radical (unpaired) electrons. The molecular formula is C13H9ClN2O4S. The van der Waals surface area contributed by atoms with E-state index in [0.717, 1.165) is 6.26 Å². The Balaban J connectivity index is 2.49. The molecule has 3 heterocycles. The largest absolute Gasteiger partial charge is 0.459 e. The molecule has 108 valence electrons. The average molecular weight is 325 g/mol. The van der Waals surface area contributed by atoms with Gasteiger partial charge in [0.1, 0.15) is 15.8 Å². The highest BCUT2D eigenvalue weighted by molar-refractivity contribution is 7.90. The van der Waals surface area contributed by atoms with E-state index in [0.29, 0.717) is 23.0 Å². The fourth-order valence-corrected chi connectivity index (χ4v) is 3.12. The maximum atomic E-state index is 12.0. The number of rotatable bonds is 3. The van der Waals surface area contributed by atoms with E-state index < -0.39 is 9.84 Å². The van der Waals surface area contributed by atoms with Gasteiger partial charge in [-0.3, -0.25) is 9.36 Å². The summed E-state index contributed by atoms with van der Waals surface area (Å²) < 4.78 is 30.4. The van der Waals surface area contributed by atoms with Crippen LogP contribution in [-0.4, -0.2) is 30.5 Å². The monoisotopic (exact) mass is 324 g/mol. The number of carbonyl (C=O) groups is 1. The summed E-state index contributed by atoms with van der Waals surface area (Å²) in [5.74, 6) is 0.0131. The SMILES string of the molecule is CS(=O)(=O)c1cc2ccc(Cl)nc2n1-c1ccoc1C=O. The second-order valence-electron chi connectivity index (χ2n) is 4.42. The number of halogens is 1. The highest BCUT2D eigenvalue weighted by Crippen LogP contribution is 2.29. The number of carbonyl (C=O) groups excluding carboxylic acids is 1. The lowest BCUT2D eigenvalue weighted by Crippen LogP contribution is -2.07. The second-order valence-corrected chi connectivity index (χ2v) is 6.77. The zero-order chi connectivity index (χ0) is 15.2. The van der Waals surface area contributed by atoms with Crippen LogP contribution in [0.5, 0.6) is 0 Å². The summed E-state index contributed by atoms with van der Waals surface area (Å²) >= 11 is 5.88. The molecule has 3 aromatic heterocycles. The standard InChI is InChI=1S/C13H9ClN2O4S/c1-21(18,19)12-6-8-2-3-11(14)15-13(8)16(12)9-4-5-20-10(9)7-17/h2-7H,1H3. The molecular weight excluding hydrogens is 316 g/mol. The van der Waals surface area contributed by atoms with Crippen LogP contribution in [0.3, 0.4) is 0 Å². The first kappa shape index (κ1) is 13.8. The minimum atomic E-state index is -3.54. The quantitative estimate of drug-likeness (QED) is 0.546. The van der Waals surface area contributed by atoms with E-state index in [1.165, 1.54) is 23.0 Å². The maximum absolute atomic E-state index is 12.0. The number of pyridine rings is 1. The summed E-state index contributed by atoms with van der Waals surface area (Å²) in [6.07, 6.45) is 2.90. The van der Waals surface area contributed by atoms with Crippen molar-refractivity contribution in [3.05, 3.63) is 41.4 Å². The highest BCUT2D eigenvalue weighted by Gasteiger charge is 2.22. The normalized spacial score (nSPS) is 11.9. The van der Waals surface area contributed by atoms with E-state index in [1.807, 2.05) is 0 Å². The molecule has 6 nitrogen and oxygen atoms in total. The van der Waals surface area contributed by atoms with Crippen LogP contribution in [0.4, 0.5) is 0 Å². The molecule has 0 amide bonds. The van der Waals surface area contributed by atoms with E-state index >= 15 is 0 Å². The fraction of sp³-hybridized carbons (Fsp3) is 0.0769. The third kappa shape index (κ3) is 2.24. The minimum Gasteiger partial charge on any atom is -0.459 e. The molecule has 0 unspecified atom stereocenters. The summed E-state index contributed by atoms with van der Waals surface area (Å²) in [4.78, 5) is 15.2. The molecule has 0 aliphatic rings. The maximum Gasteiger partial charge on any atom is 0.191 e. The van der Waals surface area contributed by atoms with E-state index in [-0.39, 0.29) is 15.9 Å². The Morgan fingerprint density at radius 2 is 2.10 bits per heavy atom. The Morgan fingerprint density at radius 1 is 1.33 bits per heavy atom. The number of hydrogen-bond acceptors (Lipinski definition) is 5. The summed E-state index contributed by atoms with van der Waals surface area (Å²) in [6.45, 7) is 0.